The average Bonchev–Trinajstić information content (AvgIpc) is 2.16. The van der Waals surface area contributed by atoms with Crippen molar-refractivity contribution >= 4 is 15.9 Å². The van der Waals surface area contributed by atoms with E-state index in [0.717, 1.165) is 11.2 Å². The van der Waals surface area contributed by atoms with Gasteiger partial charge >= 0.3 is 0 Å². The van der Waals surface area contributed by atoms with Gasteiger partial charge in [-0.25, -0.2) is 0 Å². The summed E-state index contributed by atoms with van der Waals surface area (Å²) >= 11 is 3.60. The van der Waals surface area contributed by atoms with Gasteiger partial charge in [0.1, 0.15) is 0 Å². The quantitative estimate of drug-likeness (QED) is 0.599. The third-order valence-corrected chi connectivity index (χ3v) is 3.55. The number of rotatable bonds is 9. The van der Waals surface area contributed by atoms with Gasteiger partial charge in [0.2, 0.25) is 0 Å². The molecule has 0 aromatic carbocycles. The summed E-state index contributed by atoms with van der Waals surface area (Å²) in [5.41, 5.74) is 0. The lowest BCUT2D eigenvalue weighted by Crippen LogP contribution is -2.29. The second-order valence-corrected chi connectivity index (χ2v) is 5.38. The SMILES string of the molecule is CCCC(CBr)CN(C)CCCN(C)C. The number of hydrogen-bond donors (Lipinski definition) is 0. The largest absolute Gasteiger partial charge is 0.309 e. The number of nitrogens with zero attached hydrogens (tertiary/aromatic N) is 2. The van der Waals surface area contributed by atoms with Crippen LogP contribution in [-0.2, 0) is 0 Å². The molecular formula is C12H27BrN2. The zero-order valence-corrected chi connectivity index (χ0v) is 12.4. The van der Waals surface area contributed by atoms with E-state index >= 15 is 0 Å². The minimum atomic E-state index is 0.819. The summed E-state index contributed by atoms with van der Waals surface area (Å²) in [6.07, 6.45) is 3.90. The van der Waals surface area contributed by atoms with Crippen LogP contribution in [0.3, 0.4) is 0 Å². The highest BCUT2D eigenvalue weighted by Crippen LogP contribution is 2.11. The molecule has 0 saturated carbocycles. The predicted molar refractivity (Wildman–Crippen MR) is 72.9 cm³/mol. The van der Waals surface area contributed by atoms with Crippen molar-refractivity contribution in [1.29, 1.82) is 0 Å². The van der Waals surface area contributed by atoms with Gasteiger partial charge in [0.15, 0.2) is 0 Å². The Labute approximate surface area is 104 Å². The molecule has 0 N–H and O–H groups in total. The van der Waals surface area contributed by atoms with Gasteiger partial charge in [-0.1, -0.05) is 29.3 Å². The minimum Gasteiger partial charge on any atom is -0.309 e. The van der Waals surface area contributed by atoms with E-state index in [0.29, 0.717) is 0 Å². The zero-order valence-electron chi connectivity index (χ0n) is 10.8. The summed E-state index contributed by atoms with van der Waals surface area (Å²) in [5.74, 6) is 0.819. The molecule has 0 fully saturated rings. The topological polar surface area (TPSA) is 6.48 Å². The van der Waals surface area contributed by atoms with Gasteiger partial charge in [-0.2, -0.15) is 0 Å². The molecule has 0 aliphatic heterocycles. The standard InChI is InChI=1S/C12H27BrN2/c1-5-7-12(10-13)11-15(4)9-6-8-14(2)3/h12H,5-11H2,1-4H3. The monoisotopic (exact) mass is 278 g/mol. The highest BCUT2D eigenvalue weighted by atomic mass is 79.9. The Bertz CT molecular complexity index is 140. The molecule has 2 nitrogen and oxygen atoms in total. The summed E-state index contributed by atoms with van der Waals surface area (Å²) in [5, 5.41) is 1.14. The fourth-order valence-corrected chi connectivity index (χ4v) is 2.34. The van der Waals surface area contributed by atoms with Crippen LogP contribution in [0.15, 0.2) is 0 Å². The van der Waals surface area contributed by atoms with E-state index < -0.39 is 0 Å². The summed E-state index contributed by atoms with van der Waals surface area (Å²) in [6, 6.07) is 0. The molecule has 0 radical (unpaired) electrons. The van der Waals surface area contributed by atoms with E-state index in [-0.39, 0.29) is 0 Å². The Hall–Kier alpha value is 0.400. The highest BCUT2D eigenvalue weighted by molar-refractivity contribution is 9.09. The van der Waals surface area contributed by atoms with Gasteiger partial charge in [-0.15, -0.1) is 0 Å². The summed E-state index contributed by atoms with van der Waals surface area (Å²) in [6.45, 7) is 5.90. The lowest BCUT2D eigenvalue weighted by Gasteiger charge is -2.23. The van der Waals surface area contributed by atoms with E-state index in [2.05, 4.69) is 53.8 Å². The molecule has 15 heavy (non-hydrogen) atoms. The van der Waals surface area contributed by atoms with Crippen molar-refractivity contribution in [2.45, 2.75) is 26.2 Å². The van der Waals surface area contributed by atoms with Crippen LogP contribution in [0.2, 0.25) is 0 Å². The van der Waals surface area contributed by atoms with Crippen LogP contribution in [-0.4, -0.2) is 55.9 Å². The van der Waals surface area contributed by atoms with E-state index in [1.54, 1.807) is 0 Å². The molecule has 3 heteroatoms. The van der Waals surface area contributed by atoms with Crippen molar-refractivity contribution in [2.75, 3.05) is 46.1 Å². The van der Waals surface area contributed by atoms with Crippen molar-refractivity contribution in [2.24, 2.45) is 5.92 Å². The second-order valence-electron chi connectivity index (χ2n) is 4.73. The third-order valence-electron chi connectivity index (χ3n) is 2.63. The van der Waals surface area contributed by atoms with Gasteiger partial charge in [-0.3, -0.25) is 0 Å². The second kappa shape index (κ2) is 9.61. The minimum absolute atomic E-state index is 0.819. The van der Waals surface area contributed by atoms with Gasteiger partial charge in [0.05, 0.1) is 0 Å². The van der Waals surface area contributed by atoms with Crippen molar-refractivity contribution in [1.82, 2.24) is 9.80 Å². The maximum atomic E-state index is 3.60. The zero-order chi connectivity index (χ0) is 11.7. The molecule has 1 atom stereocenters. The van der Waals surface area contributed by atoms with Crippen LogP contribution >= 0.6 is 15.9 Å². The average molecular weight is 279 g/mol. The number of halogens is 1. The Morgan fingerprint density at radius 3 is 2.27 bits per heavy atom. The van der Waals surface area contributed by atoms with Crippen molar-refractivity contribution in [3.05, 3.63) is 0 Å². The number of hydrogen-bond acceptors (Lipinski definition) is 2. The van der Waals surface area contributed by atoms with Crippen LogP contribution in [0.5, 0.6) is 0 Å². The van der Waals surface area contributed by atoms with Gasteiger partial charge in [0.25, 0.3) is 0 Å². The number of alkyl halides is 1. The molecule has 1 unspecified atom stereocenters. The Morgan fingerprint density at radius 2 is 1.80 bits per heavy atom. The van der Waals surface area contributed by atoms with Crippen molar-refractivity contribution in [3.8, 4) is 0 Å². The lowest BCUT2D eigenvalue weighted by molar-refractivity contribution is 0.263. The Kier molecular flexibility index (Phi) is 9.87. The molecular weight excluding hydrogens is 252 g/mol. The van der Waals surface area contributed by atoms with E-state index in [4.69, 9.17) is 0 Å². The van der Waals surface area contributed by atoms with Crippen LogP contribution in [0, 0.1) is 5.92 Å². The molecule has 92 valence electrons. The van der Waals surface area contributed by atoms with Gasteiger partial charge in [0, 0.05) is 11.9 Å². The Balaban J connectivity index is 3.56. The molecule has 0 bridgehead atoms. The lowest BCUT2D eigenvalue weighted by atomic mass is 10.1. The molecule has 0 amide bonds. The van der Waals surface area contributed by atoms with Crippen LogP contribution < -0.4 is 0 Å². The fourth-order valence-electron chi connectivity index (χ4n) is 1.81. The first-order chi connectivity index (χ1) is 7.10. The molecule has 0 spiro atoms. The molecule has 0 aromatic rings. The molecule has 0 heterocycles. The van der Waals surface area contributed by atoms with Crippen LogP contribution in [0.4, 0.5) is 0 Å². The molecule has 0 rings (SSSR count). The van der Waals surface area contributed by atoms with E-state index in [9.17, 15) is 0 Å². The fraction of sp³-hybridized carbons (Fsp3) is 1.00. The Morgan fingerprint density at radius 1 is 1.13 bits per heavy atom. The molecule has 0 aliphatic rings. The summed E-state index contributed by atoms with van der Waals surface area (Å²) in [7, 11) is 6.51. The maximum absolute atomic E-state index is 3.60. The summed E-state index contributed by atoms with van der Waals surface area (Å²) in [4.78, 5) is 4.72. The van der Waals surface area contributed by atoms with Crippen molar-refractivity contribution < 1.29 is 0 Å². The summed E-state index contributed by atoms with van der Waals surface area (Å²) < 4.78 is 0. The maximum Gasteiger partial charge on any atom is 0.00718 e. The van der Waals surface area contributed by atoms with E-state index in [1.807, 2.05) is 0 Å². The molecule has 0 saturated heterocycles. The normalized spacial score (nSPS) is 13.8. The highest BCUT2D eigenvalue weighted by Gasteiger charge is 2.09. The first kappa shape index (κ1) is 15.4. The smallest absolute Gasteiger partial charge is 0.00718 e. The first-order valence-corrected chi connectivity index (χ1v) is 7.11. The molecule has 0 aliphatic carbocycles. The van der Waals surface area contributed by atoms with Gasteiger partial charge in [-0.05, 0) is 53.0 Å². The molecule has 0 aromatic heterocycles. The van der Waals surface area contributed by atoms with Crippen LogP contribution in [0.25, 0.3) is 0 Å². The predicted octanol–water partition coefficient (Wildman–Crippen LogP) is 2.68. The van der Waals surface area contributed by atoms with Crippen LogP contribution in [0.1, 0.15) is 26.2 Å². The third kappa shape index (κ3) is 9.34. The first-order valence-electron chi connectivity index (χ1n) is 5.99. The van der Waals surface area contributed by atoms with Gasteiger partial charge < -0.3 is 9.80 Å². The van der Waals surface area contributed by atoms with Crippen molar-refractivity contribution in [3.63, 3.8) is 0 Å². The van der Waals surface area contributed by atoms with E-state index in [1.165, 1.54) is 38.9 Å².